The van der Waals surface area contributed by atoms with Crippen molar-refractivity contribution in [3.05, 3.63) is 54.2 Å². The van der Waals surface area contributed by atoms with Gasteiger partial charge in [0.1, 0.15) is 5.52 Å². The van der Waals surface area contributed by atoms with Crippen LogP contribution >= 0.6 is 0 Å². The van der Waals surface area contributed by atoms with E-state index >= 15 is 0 Å². The van der Waals surface area contributed by atoms with Gasteiger partial charge in [-0.15, -0.1) is 0 Å². The summed E-state index contributed by atoms with van der Waals surface area (Å²) >= 11 is 0. The quantitative estimate of drug-likeness (QED) is 0.654. The highest BCUT2D eigenvalue weighted by molar-refractivity contribution is 5.99. The van der Waals surface area contributed by atoms with Crippen LogP contribution in [0.5, 0.6) is 0 Å². The van der Waals surface area contributed by atoms with E-state index in [4.69, 9.17) is 4.42 Å². The molecule has 0 amide bonds. The second-order valence-corrected chi connectivity index (χ2v) is 3.85. The molecule has 2 aromatic heterocycles. The average molecular weight is 239 g/mol. The summed E-state index contributed by atoms with van der Waals surface area (Å²) in [6.07, 6.45) is 3.17. The highest BCUT2D eigenvalue weighted by Gasteiger charge is 2.10. The minimum atomic E-state index is -0.0196. The lowest BCUT2D eigenvalue weighted by Crippen LogP contribution is -2.05. The van der Waals surface area contributed by atoms with E-state index in [1.165, 1.54) is 6.39 Å². The molecule has 0 bridgehead atoms. The van der Waals surface area contributed by atoms with Crippen molar-refractivity contribution < 1.29 is 9.21 Å². The third-order valence-corrected chi connectivity index (χ3v) is 2.62. The lowest BCUT2D eigenvalue weighted by molar-refractivity contribution is 0.0991. The van der Waals surface area contributed by atoms with Crippen molar-refractivity contribution in [2.45, 2.75) is 6.42 Å². The Bertz CT molecular complexity index is 692. The van der Waals surface area contributed by atoms with Crippen LogP contribution in [0.4, 0.5) is 0 Å². The molecule has 0 aliphatic carbocycles. The zero-order chi connectivity index (χ0) is 12.4. The largest absolute Gasteiger partial charge is 0.443 e. The molecule has 3 rings (SSSR count). The normalized spacial score (nSPS) is 10.7. The zero-order valence-corrected chi connectivity index (χ0v) is 9.41. The van der Waals surface area contributed by atoms with Crippen molar-refractivity contribution in [3.63, 3.8) is 0 Å². The van der Waals surface area contributed by atoms with Crippen LogP contribution in [-0.2, 0) is 6.42 Å². The van der Waals surface area contributed by atoms with Crippen LogP contribution in [-0.4, -0.2) is 21.0 Å². The number of oxazole rings is 1. The molecule has 0 aliphatic rings. The first kappa shape index (κ1) is 10.6. The molecule has 0 radical (unpaired) electrons. The first-order valence-corrected chi connectivity index (χ1v) is 5.46. The Morgan fingerprint density at radius 2 is 2.22 bits per heavy atom. The van der Waals surface area contributed by atoms with Gasteiger partial charge in [0, 0.05) is 11.8 Å². The third kappa shape index (κ3) is 1.98. The van der Waals surface area contributed by atoms with E-state index in [1.54, 1.807) is 36.5 Å². The molecule has 5 heteroatoms. The Labute approximate surface area is 102 Å². The molecule has 0 saturated heterocycles. The van der Waals surface area contributed by atoms with Crippen molar-refractivity contribution >= 4 is 16.9 Å². The number of aromatic nitrogens is 3. The molecule has 0 N–H and O–H groups in total. The van der Waals surface area contributed by atoms with Gasteiger partial charge in [0.05, 0.1) is 12.1 Å². The molecule has 0 atom stereocenters. The number of hydrogen-bond acceptors (Lipinski definition) is 5. The fourth-order valence-corrected chi connectivity index (χ4v) is 1.72. The predicted molar refractivity (Wildman–Crippen MR) is 64.1 cm³/mol. The van der Waals surface area contributed by atoms with Crippen LogP contribution in [0.25, 0.3) is 11.1 Å². The molecule has 0 spiro atoms. The number of carbonyl (C=O) groups excluding carboxylic acids is 1. The highest BCUT2D eigenvalue weighted by Crippen LogP contribution is 2.15. The van der Waals surface area contributed by atoms with Gasteiger partial charge in [0.15, 0.2) is 17.8 Å². The van der Waals surface area contributed by atoms with Crippen molar-refractivity contribution in [2.75, 3.05) is 0 Å². The summed E-state index contributed by atoms with van der Waals surface area (Å²) in [6, 6.07) is 8.74. The maximum absolute atomic E-state index is 12.0. The van der Waals surface area contributed by atoms with Gasteiger partial charge in [-0.05, 0) is 30.3 Å². The van der Waals surface area contributed by atoms with Gasteiger partial charge in [-0.3, -0.25) is 4.79 Å². The predicted octanol–water partition coefficient (Wildman–Crippen LogP) is 2.04. The molecule has 5 nitrogen and oxygen atoms in total. The van der Waals surface area contributed by atoms with Gasteiger partial charge in [0.2, 0.25) is 0 Å². The van der Waals surface area contributed by atoms with Crippen LogP contribution < -0.4 is 0 Å². The van der Waals surface area contributed by atoms with Crippen LogP contribution in [0.2, 0.25) is 0 Å². The van der Waals surface area contributed by atoms with E-state index in [2.05, 4.69) is 15.2 Å². The molecule has 88 valence electrons. The Kier molecular flexibility index (Phi) is 2.57. The fourth-order valence-electron chi connectivity index (χ4n) is 1.72. The minimum absolute atomic E-state index is 0.0196. The van der Waals surface area contributed by atoms with Crippen molar-refractivity contribution in [3.8, 4) is 0 Å². The Morgan fingerprint density at radius 1 is 1.28 bits per heavy atom. The van der Waals surface area contributed by atoms with Crippen LogP contribution in [0.15, 0.2) is 47.3 Å². The molecule has 18 heavy (non-hydrogen) atoms. The smallest absolute Gasteiger partial charge is 0.181 e. The lowest BCUT2D eigenvalue weighted by Gasteiger charge is -1.99. The van der Waals surface area contributed by atoms with Crippen LogP contribution in [0.3, 0.4) is 0 Å². The summed E-state index contributed by atoms with van der Waals surface area (Å²) in [6.45, 7) is 0. The number of rotatable bonds is 3. The van der Waals surface area contributed by atoms with E-state index in [-0.39, 0.29) is 12.2 Å². The maximum Gasteiger partial charge on any atom is 0.181 e. The molecule has 0 aliphatic heterocycles. The molecule has 0 unspecified atom stereocenters. The van der Waals surface area contributed by atoms with Gasteiger partial charge in [0.25, 0.3) is 0 Å². The molecular formula is C13H9N3O2. The Morgan fingerprint density at radius 3 is 3.06 bits per heavy atom. The van der Waals surface area contributed by atoms with Crippen molar-refractivity contribution in [1.82, 2.24) is 15.2 Å². The van der Waals surface area contributed by atoms with Crippen molar-refractivity contribution in [1.29, 1.82) is 0 Å². The maximum atomic E-state index is 12.0. The lowest BCUT2D eigenvalue weighted by atomic mass is 10.1. The SMILES string of the molecule is O=C(Cc1cccnn1)c1ccc2ncoc2c1. The summed E-state index contributed by atoms with van der Waals surface area (Å²) in [5.41, 5.74) is 2.59. The van der Waals surface area contributed by atoms with E-state index in [9.17, 15) is 4.79 Å². The number of benzene rings is 1. The monoisotopic (exact) mass is 239 g/mol. The number of ketones is 1. The van der Waals surface area contributed by atoms with E-state index in [0.29, 0.717) is 16.8 Å². The minimum Gasteiger partial charge on any atom is -0.443 e. The van der Waals surface area contributed by atoms with Crippen molar-refractivity contribution in [2.24, 2.45) is 0 Å². The number of nitrogens with zero attached hydrogens (tertiary/aromatic N) is 3. The number of fused-ring (bicyclic) bond motifs is 1. The second kappa shape index (κ2) is 4.37. The molecule has 2 heterocycles. The summed E-state index contributed by atoms with van der Waals surface area (Å²) in [5.74, 6) is -0.0196. The standard InChI is InChI=1S/C13H9N3O2/c17-12(7-10-2-1-5-15-16-10)9-3-4-11-13(6-9)18-8-14-11/h1-6,8H,7H2. The number of Topliss-reactive ketones (excluding diaryl/α,β-unsaturated/α-hetero) is 1. The molecule has 3 aromatic rings. The molecule has 0 saturated carbocycles. The molecule has 1 aromatic carbocycles. The van der Waals surface area contributed by atoms with E-state index in [1.807, 2.05) is 0 Å². The van der Waals surface area contributed by atoms with E-state index < -0.39 is 0 Å². The van der Waals surface area contributed by atoms with Crippen LogP contribution in [0.1, 0.15) is 16.1 Å². The van der Waals surface area contributed by atoms with Gasteiger partial charge < -0.3 is 4.42 Å². The van der Waals surface area contributed by atoms with Gasteiger partial charge in [-0.2, -0.15) is 10.2 Å². The zero-order valence-electron chi connectivity index (χ0n) is 9.41. The first-order valence-electron chi connectivity index (χ1n) is 5.46. The third-order valence-electron chi connectivity index (χ3n) is 2.62. The van der Waals surface area contributed by atoms with Crippen LogP contribution in [0, 0.1) is 0 Å². The topological polar surface area (TPSA) is 68.9 Å². The highest BCUT2D eigenvalue weighted by atomic mass is 16.3. The van der Waals surface area contributed by atoms with Gasteiger partial charge in [-0.25, -0.2) is 4.98 Å². The number of hydrogen-bond donors (Lipinski definition) is 0. The molecular weight excluding hydrogens is 230 g/mol. The summed E-state index contributed by atoms with van der Waals surface area (Å²) in [7, 11) is 0. The summed E-state index contributed by atoms with van der Waals surface area (Å²) in [5, 5.41) is 7.63. The number of carbonyl (C=O) groups is 1. The fraction of sp³-hybridized carbons (Fsp3) is 0.0769. The first-order chi connectivity index (χ1) is 8.83. The summed E-state index contributed by atoms with van der Waals surface area (Å²) in [4.78, 5) is 16.1. The summed E-state index contributed by atoms with van der Waals surface area (Å²) < 4.78 is 5.17. The second-order valence-electron chi connectivity index (χ2n) is 3.85. The average Bonchev–Trinajstić information content (AvgIpc) is 2.87. The Hall–Kier alpha value is -2.56. The van der Waals surface area contributed by atoms with E-state index in [0.717, 1.165) is 5.52 Å². The Balaban J connectivity index is 1.87. The van der Waals surface area contributed by atoms with Gasteiger partial charge >= 0.3 is 0 Å². The molecule has 0 fully saturated rings. The van der Waals surface area contributed by atoms with Gasteiger partial charge in [-0.1, -0.05) is 0 Å².